The quantitative estimate of drug-likeness (QED) is 0.396. The van der Waals surface area contributed by atoms with Gasteiger partial charge in [0.1, 0.15) is 10.0 Å². The monoisotopic (exact) mass is 498 g/mol. The Kier molecular flexibility index (Phi) is 5.97. The number of sulfonamides is 1. The Labute approximate surface area is 201 Å². The van der Waals surface area contributed by atoms with Crippen LogP contribution in [0.5, 0.6) is 0 Å². The van der Waals surface area contributed by atoms with E-state index in [1.54, 1.807) is 23.6 Å². The third-order valence-corrected chi connectivity index (χ3v) is 9.18. The summed E-state index contributed by atoms with van der Waals surface area (Å²) < 4.78 is 47.1. The van der Waals surface area contributed by atoms with Crippen LogP contribution in [-0.4, -0.2) is 49.0 Å². The Morgan fingerprint density at radius 1 is 1.00 bits per heavy atom. The molecule has 0 spiro atoms. The molecule has 4 aromatic rings. The van der Waals surface area contributed by atoms with Gasteiger partial charge in [-0.25, -0.2) is 12.8 Å². The van der Waals surface area contributed by atoms with E-state index in [1.807, 2.05) is 0 Å². The minimum absolute atomic E-state index is 0.191. The van der Waals surface area contributed by atoms with Gasteiger partial charge in [-0.2, -0.15) is 9.29 Å². The molecule has 2 aromatic heterocycles. The lowest BCUT2D eigenvalue weighted by molar-refractivity contribution is 0.385. The molecular formula is C24H23FN4O3S2. The zero-order valence-electron chi connectivity index (χ0n) is 18.7. The zero-order valence-corrected chi connectivity index (χ0v) is 20.4. The number of hydrogen-bond donors (Lipinski definition) is 0. The molecule has 10 heteroatoms. The summed E-state index contributed by atoms with van der Waals surface area (Å²) in [6, 6.07) is 13.8. The number of nitrogens with zero attached hydrogens (tertiary/aromatic N) is 4. The van der Waals surface area contributed by atoms with Crippen molar-refractivity contribution in [2.24, 2.45) is 0 Å². The molecule has 1 fully saturated rings. The SMILES string of the molecule is Cc1ccc(C)c(N2CCN(S(=O)(=O)c3cc(-c4nc(-c5cccc(F)c5)no4)cs3)CC2)c1. The first-order valence-electron chi connectivity index (χ1n) is 10.8. The van der Waals surface area contributed by atoms with Gasteiger partial charge < -0.3 is 9.42 Å². The van der Waals surface area contributed by atoms with Gasteiger partial charge in [0.15, 0.2) is 0 Å². The molecule has 1 aliphatic heterocycles. The third-order valence-electron chi connectivity index (χ3n) is 5.87. The van der Waals surface area contributed by atoms with E-state index >= 15 is 0 Å². The highest BCUT2D eigenvalue weighted by atomic mass is 32.2. The maximum absolute atomic E-state index is 13.5. The fourth-order valence-corrected chi connectivity index (χ4v) is 6.73. The smallest absolute Gasteiger partial charge is 0.259 e. The standard InChI is InChI=1S/C24H23FN4O3S2/c1-16-6-7-17(2)21(12-16)28-8-10-29(11-9-28)34(30,31)22-14-19(15-33-22)24-26-23(27-32-24)18-4-3-5-20(25)13-18/h3-7,12-15H,8-11H2,1-2H3. The number of piperazine rings is 1. The molecule has 34 heavy (non-hydrogen) atoms. The largest absolute Gasteiger partial charge is 0.369 e. The number of hydrogen-bond acceptors (Lipinski definition) is 7. The zero-order chi connectivity index (χ0) is 23.9. The van der Waals surface area contributed by atoms with Crippen molar-refractivity contribution in [3.63, 3.8) is 0 Å². The maximum atomic E-state index is 13.5. The predicted molar refractivity (Wildman–Crippen MR) is 130 cm³/mol. The number of rotatable bonds is 5. The summed E-state index contributed by atoms with van der Waals surface area (Å²) in [5, 5.41) is 5.58. The maximum Gasteiger partial charge on any atom is 0.259 e. The van der Waals surface area contributed by atoms with Crippen molar-refractivity contribution >= 4 is 27.0 Å². The second-order valence-corrected chi connectivity index (χ2v) is 11.3. The summed E-state index contributed by atoms with van der Waals surface area (Å²) in [4.78, 5) is 6.54. The van der Waals surface area contributed by atoms with Gasteiger partial charge in [0.2, 0.25) is 5.82 Å². The average molecular weight is 499 g/mol. The number of aryl methyl sites for hydroxylation is 2. The van der Waals surface area contributed by atoms with Crippen molar-refractivity contribution < 1.29 is 17.3 Å². The number of benzene rings is 2. The third kappa shape index (κ3) is 4.36. The van der Waals surface area contributed by atoms with E-state index in [2.05, 4.69) is 47.1 Å². The van der Waals surface area contributed by atoms with Gasteiger partial charge in [-0.05, 0) is 49.2 Å². The van der Waals surface area contributed by atoms with E-state index in [9.17, 15) is 12.8 Å². The molecule has 0 saturated carbocycles. The van der Waals surface area contributed by atoms with E-state index < -0.39 is 15.8 Å². The van der Waals surface area contributed by atoms with Gasteiger partial charge >= 0.3 is 0 Å². The normalized spacial score (nSPS) is 15.1. The average Bonchev–Trinajstić information content (AvgIpc) is 3.51. The van der Waals surface area contributed by atoms with Crippen LogP contribution in [0.1, 0.15) is 11.1 Å². The van der Waals surface area contributed by atoms with Crippen LogP contribution >= 0.6 is 11.3 Å². The molecule has 0 amide bonds. The van der Waals surface area contributed by atoms with Gasteiger partial charge in [0, 0.05) is 42.8 Å². The highest BCUT2D eigenvalue weighted by molar-refractivity contribution is 7.91. The second-order valence-electron chi connectivity index (χ2n) is 8.27. The first-order valence-corrected chi connectivity index (χ1v) is 13.1. The predicted octanol–water partition coefficient (Wildman–Crippen LogP) is 4.73. The second kappa shape index (κ2) is 8.94. The molecule has 1 saturated heterocycles. The topological polar surface area (TPSA) is 79.5 Å². The first kappa shape index (κ1) is 22.7. The molecule has 7 nitrogen and oxygen atoms in total. The van der Waals surface area contributed by atoms with Crippen LogP contribution in [-0.2, 0) is 10.0 Å². The van der Waals surface area contributed by atoms with E-state index in [-0.39, 0.29) is 15.9 Å². The van der Waals surface area contributed by atoms with Gasteiger partial charge in [0.05, 0.1) is 5.56 Å². The fourth-order valence-electron chi connectivity index (χ4n) is 4.01. The molecule has 176 valence electrons. The number of halogens is 1. The minimum atomic E-state index is -3.64. The first-order chi connectivity index (χ1) is 16.3. The molecule has 0 aliphatic carbocycles. The summed E-state index contributed by atoms with van der Waals surface area (Å²) >= 11 is 1.12. The number of thiophene rings is 1. The molecule has 2 aromatic carbocycles. The van der Waals surface area contributed by atoms with Crippen LogP contribution in [0.25, 0.3) is 22.8 Å². The van der Waals surface area contributed by atoms with Crippen molar-refractivity contribution in [3.8, 4) is 22.8 Å². The Morgan fingerprint density at radius 3 is 2.56 bits per heavy atom. The molecule has 0 atom stereocenters. The molecule has 0 N–H and O–H groups in total. The van der Waals surface area contributed by atoms with Crippen LogP contribution in [0.15, 0.2) is 62.6 Å². The van der Waals surface area contributed by atoms with E-state index in [0.717, 1.165) is 17.0 Å². The van der Waals surface area contributed by atoms with Crippen molar-refractivity contribution in [1.29, 1.82) is 0 Å². The Morgan fingerprint density at radius 2 is 1.79 bits per heavy atom. The molecule has 1 aliphatic rings. The summed E-state index contributed by atoms with van der Waals surface area (Å²) in [7, 11) is -3.64. The van der Waals surface area contributed by atoms with E-state index in [1.165, 1.54) is 27.6 Å². The van der Waals surface area contributed by atoms with Crippen LogP contribution < -0.4 is 4.90 Å². The Bertz CT molecular complexity index is 1440. The van der Waals surface area contributed by atoms with Crippen LogP contribution in [0, 0.1) is 19.7 Å². The lowest BCUT2D eigenvalue weighted by atomic mass is 10.1. The van der Waals surface area contributed by atoms with Crippen LogP contribution in [0.4, 0.5) is 10.1 Å². The molecular weight excluding hydrogens is 475 g/mol. The molecule has 3 heterocycles. The highest BCUT2D eigenvalue weighted by Crippen LogP contribution is 2.32. The number of aromatic nitrogens is 2. The fraction of sp³-hybridized carbons (Fsp3) is 0.250. The van der Waals surface area contributed by atoms with Crippen molar-refractivity contribution in [1.82, 2.24) is 14.4 Å². The summed E-state index contributed by atoms with van der Waals surface area (Å²) in [6.07, 6.45) is 0. The van der Waals surface area contributed by atoms with Crippen molar-refractivity contribution in [2.75, 3.05) is 31.1 Å². The van der Waals surface area contributed by atoms with E-state index in [4.69, 9.17) is 4.52 Å². The summed E-state index contributed by atoms with van der Waals surface area (Å²) in [6.45, 7) is 6.20. The molecule has 0 unspecified atom stereocenters. The van der Waals surface area contributed by atoms with Crippen molar-refractivity contribution in [2.45, 2.75) is 18.1 Å². The summed E-state index contributed by atoms with van der Waals surface area (Å²) in [5.41, 5.74) is 4.53. The minimum Gasteiger partial charge on any atom is -0.369 e. The van der Waals surface area contributed by atoms with Crippen molar-refractivity contribution in [3.05, 3.63) is 70.9 Å². The van der Waals surface area contributed by atoms with Crippen LogP contribution in [0.2, 0.25) is 0 Å². The Hall–Kier alpha value is -3.08. The number of anilines is 1. The molecule has 0 bridgehead atoms. The van der Waals surface area contributed by atoms with Gasteiger partial charge in [-0.3, -0.25) is 0 Å². The van der Waals surface area contributed by atoms with Gasteiger partial charge in [-0.15, -0.1) is 11.3 Å². The molecule has 5 rings (SSSR count). The highest BCUT2D eigenvalue weighted by Gasteiger charge is 2.30. The van der Waals surface area contributed by atoms with E-state index in [0.29, 0.717) is 37.3 Å². The summed E-state index contributed by atoms with van der Waals surface area (Å²) in [5.74, 6) is 0.0368. The lowest BCUT2D eigenvalue weighted by Gasteiger charge is -2.36. The van der Waals surface area contributed by atoms with Gasteiger partial charge in [0.25, 0.3) is 15.9 Å². The van der Waals surface area contributed by atoms with Gasteiger partial charge in [-0.1, -0.05) is 29.4 Å². The van der Waals surface area contributed by atoms with Crippen LogP contribution in [0.3, 0.4) is 0 Å². The molecule has 0 radical (unpaired) electrons. The lowest BCUT2D eigenvalue weighted by Crippen LogP contribution is -2.48. The Balaban J connectivity index is 1.31.